The molecule has 0 saturated carbocycles. The molecule has 3 aromatic carbocycles. The minimum atomic E-state index is -0.0175. The van der Waals surface area contributed by atoms with Crippen molar-refractivity contribution in [1.29, 1.82) is 0 Å². The summed E-state index contributed by atoms with van der Waals surface area (Å²) in [6.07, 6.45) is 3.77. The van der Waals surface area contributed by atoms with Gasteiger partial charge in [0.1, 0.15) is 15.8 Å². The van der Waals surface area contributed by atoms with Gasteiger partial charge in [-0.05, 0) is 47.5 Å². The number of hydrogen-bond donors (Lipinski definition) is 0. The zero-order valence-electron chi connectivity index (χ0n) is 20.7. The van der Waals surface area contributed by atoms with E-state index in [0.29, 0.717) is 34.1 Å². The van der Waals surface area contributed by atoms with E-state index in [1.165, 1.54) is 11.8 Å². The predicted octanol–water partition coefficient (Wildman–Crippen LogP) is 5.96. The second kappa shape index (κ2) is 12.5. The van der Waals surface area contributed by atoms with E-state index >= 15 is 0 Å². The largest absolute Gasteiger partial charge is 0.497 e. The molecule has 0 aromatic heterocycles. The Bertz CT molecular complexity index is 1260. The van der Waals surface area contributed by atoms with Gasteiger partial charge in [0.25, 0.3) is 0 Å². The molecule has 37 heavy (non-hydrogen) atoms. The van der Waals surface area contributed by atoms with E-state index in [1.54, 1.807) is 26.4 Å². The summed E-state index contributed by atoms with van der Waals surface area (Å²) in [6, 6.07) is 24.3. The summed E-state index contributed by atoms with van der Waals surface area (Å²) < 4.78 is 11.1. The number of Topliss-reactive ketones (excluding diaryl/α,β-unsaturated/α-hetero) is 2. The maximum atomic E-state index is 13.5. The number of rotatable bonds is 7. The van der Waals surface area contributed by atoms with Crippen LogP contribution >= 0.6 is 24.0 Å². The van der Waals surface area contributed by atoms with E-state index in [-0.39, 0.29) is 17.3 Å². The number of nitrogens with zero attached hydrogens (tertiary/aromatic N) is 1. The number of thiocarbonyl (C=S) groups is 1. The Morgan fingerprint density at radius 3 is 1.78 bits per heavy atom. The van der Waals surface area contributed by atoms with Crippen molar-refractivity contribution in [3.63, 3.8) is 0 Å². The van der Waals surface area contributed by atoms with Gasteiger partial charge < -0.3 is 14.4 Å². The SMILES string of the molecule is COc1ccc(/C=C2\CN(C(=S)SCC(=O)c3ccccc3)C/C(=C\c3ccc(OC)cc3)C2=O)cc1. The smallest absolute Gasteiger partial charge is 0.188 e. The van der Waals surface area contributed by atoms with Crippen LogP contribution in [-0.4, -0.2) is 53.8 Å². The van der Waals surface area contributed by atoms with Gasteiger partial charge >= 0.3 is 0 Å². The molecular formula is C30H27NO4S2. The van der Waals surface area contributed by atoms with E-state index in [2.05, 4.69) is 0 Å². The molecule has 0 unspecified atom stereocenters. The van der Waals surface area contributed by atoms with Crippen molar-refractivity contribution in [2.45, 2.75) is 0 Å². The van der Waals surface area contributed by atoms with E-state index < -0.39 is 0 Å². The number of ketones is 2. The third-order valence-corrected chi connectivity index (χ3v) is 7.42. The van der Waals surface area contributed by atoms with E-state index in [1.807, 2.05) is 83.8 Å². The average molecular weight is 530 g/mol. The number of ether oxygens (including phenoxy) is 2. The lowest BCUT2D eigenvalue weighted by Gasteiger charge is -2.31. The summed E-state index contributed by atoms with van der Waals surface area (Å²) >= 11 is 7.04. The summed E-state index contributed by atoms with van der Waals surface area (Å²) in [5.41, 5.74) is 3.72. The van der Waals surface area contributed by atoms with Crippen molar-refractivity contribution in [2.24, 2.45) is 0 Å². The van der Waals surface area contributed by atoms with Crippen LogP contribution in [0.1, 0.15) is 21.5 Å². The second-order valence-electron chi connectivity index (χ2n) is 8.41. The highest BCUT2D eigenvalue weighted by atomic mass is 32.2. The monoisotopic (exact) mass is 529 g/mol. The highest BCUT2D eigenvalue weighted by molar-refractivity contribution is 8.23. The summed E-state index contributed by atoms with van der Waals surface area (Å²) in [4.78, 5) is 28.1. The zero-order valence-corrected chi connectivity index (χ0v) is 22.3. The summed E-state index contributed by atoms with van der Waals surface area (Å²) in [7, 11) is 3.24. The van der Waals surface area contributed by atoms with Gasteiger partial charge in [0.15, 0.2) is 11.6 Å². The van der Waals surface area contributed by atoms with Crippen molar-refractivity contribution in [1.82, 2.24) is 4.90 Å². The molecule has 5 nitrogen and oxygen atoms in total. The number of thioether (sulfide) groups is 1. The first kappa shape index (κ1) is 26.4. The van der Waals surface area contributed by atoms with Crippen LogP contribution in [0.15, 0.2) is 90.0 Å². The minimum absolute atomic E-state index is 0.0175. The molecule has 188 valence electrons. The van der Waals surface area contributed by atoms with Crippen LogP contribution in [-0.2, 0) is 4.79 Å². The quantitative estimate of drug-likeness (QED) is 0.213. The van der Waals surface area contributed by atoms with Crippen molar-refractivity contribution >= 4 is 52.0 Å². The van der Waals surface area contributed by atoms with Crippen LogP contribution < -0.4 is 9.47 Å². The Balaban J connectivity index is 1.58. The maximum absolute atomic E-state index is 13.5. The number of benzene rings is 3. The molecule has 4 rings (SSSR count). The lowest BCUT2D eigenvalue weighted by Crippen LogP contribution is -2.40. The van der Waals surface area contributed by atoms with Gasteiger partial charge in [-0.1, -0.05) is 78.6 Å². The first-order chi connectivity index (χ1) is 18.0. The van der Waals surface area contributed by atoms with E-state index in [0.717, 1.165) is 22.6 Å². The fraction of sp³-hybridized carbons (Fsp3) is 0.167. The Morgan fingerprint density at radius 2 is 1.32 bits per heavy atom. The molecule has 0 bridgehead atoms. The first-order valence-corrected chi connectivity index (χ1v) is 13.1. The van der Waals surface area contributed by atoms with Gasteiger partial charge in [0.2, 0.25) is 0 Å². The number of piperidine rings is 1. The molecule has 1 heterocycles. The normalized spacial score (nSPS) is 15.6. The molecule has 0 N–H and O–H groups in total. The number of methoxy groups -OCH3 is 2. The van der Waals surface area contributed by atoms with Gasteiger partial charge in [-0.2, -0.15) is 0 Å². The second-order valence-corrected chi connectivity index (χ2v) is 10.0. The van der Waals surface area contributed by atoms with Crippen molar-refractivity contribution in [2.75, 3.05) is 33.1 Å². The molecule has 0 amide bonds. The number of carbonyl (C=O) groups excluding carboxylic acids is 2. The maximum Gasteiger partial charge on any atom is 0.188 e. The molecule has 7 heteroatoms. The molecular weight excluding hydrogens is 502 g/mol. The molecule has 0 radical (unpaired) electrons. The van der Waals surface area contributed by atoms with Crippen molar-refractivity contribution < 1.29 is 19.1 Å². The van der Waals surface area contributed by atoms with Gasteiger partial charge in [0.05, 0.1) is 20.0 Å². The number of hydrogen-bond acceptors (Lipinski definition) is 6. The van der Waals surface area contributed by atoms with Crippen LogP contribution in [0.5, 0.6) is 11.5 Å². The van der Waals surface area contributed by atoms with Gasteiger partial charge in [-0.15, -0.1) is 0 Å². The van der Waals surface area contributed by atoms with Crippen LogP contribution in [0.4, 0.5) is 0 Å². The fourth-order valence-corrected chi connectivity index (χ4v) is 4.94. The third kappa shape index (κ3) is 6.96. The summed E-state index contributed by atoms with van der Waals surface area (Å²) in [5.74, 6) is 1.74. The highest BCUT2D eigenvalue weighted by Gasteiger charge is 2.28. The van der Waals surface area contributed by atoms with Crippen molar-refractivity contribution in [3.05, 3.63) is 107 Å². The fourth-order valence-electron chi connectivity index (χ4n) is 3.90. The molecule has 0 spiro atoms. The van der Waals surface area contributed by atoms with Gasteiger partial charge in [-0.3, -0.25) is 9.59 Å². The van der Waals surface area contributed by atoms with E-state index in [9.17, 15) is 9.59 Å². The molecule has 1 saturated heterocycles. The van der Waals surface area contributed by atoms with Crippen LogP contribution in [0.3, 0.4) is 0 Å². The number of likely N-dealkylation sites (tertiary alicyclic amines) is 1. The van der Waals surface area contributed by atoms with Crippen LogP contribution in [0.25, 0.3) is 12.2 Å². The highest BCUT2D eigenvalue weighted by Crippen LogP contribution is 2.26. The summed E-state index contributed by atoms with van der Waals surface area (Å²) in [6.45, 7) is 0.742. The van der Waals surface area contributed by atoms with Crippen LogP contribution in [0, 0.1) is 0 Å². The lowest BCUT2D eigenvalue weighted by molar-refractivity contribution is -0.113. The van der Waals surface area contributed by atoms with Gasteiger partial charge in [0, 0.05) is 29.8 Å². The average Bonchev–Trinajstić information content (AvgIpc) is 2.94. The molecule has 1 aliphatic heterocycles. The summed E-state index contributed by atoms with van der Waals surface area (Å²) in [5, 5.41) is 0. The molecule has 1 fully saturated rings. The Kier molecular flexibility index (Phi) is 8.93. The number of carbonyl (C=O) groups is 2. The first-order valence-electron chi connectivity index (χ1n) is 11.7. The third-order valence-electron chi connectivity index (χ3n) is 5.90. The standard InChI is InChI=1S/C30H27NO4S2/c1-34-26-12-8-21(9-13-26)16-24-18-31(30(36)37-20-28(32)23-6-4-3-5-7-23)19-25(29(24)33)17-22-10-14-27(35-2)15-11-22/h3-17H,18-20H2,1-2H3/b24-16+,25-17+. The Hall–Kier alpha value is -3.68. The molecule has 0 aliphatic carbocycles. The lowest BCUT2D eigenvalue weighted by atomic mass is 9.94. The molecule has 3 aromatic rings. The predicted molar refractivity (Wildman–Crippen MR) is 154 cm³/mol. The Labute approximate surface area is 226 Å². The van der Waals surface area contributed by atoms with Crippen LogP contribution in [0.2, 0.25) is 0 Å². The minimum Gasteiger partial charge on any atom is -0.497 e. The van der Waals surface area contributed by atoms with Crippen molar-refractivity contribution in [3.8, 4) is 11.5 Å². The molecule has 1 aliphatic rings. The van der Waals surface area contributed by atoms with Gasteiger partial charge in [-0.25, -0.2) is 0 Å². The van der Waals surface area contributed by atoms with E-state index in [4.69, 9.17) is 21.7 Å². The zero-order chi connectivity index (χ0) is 26.2. The Morgan fingerprint density at radius 1 is 0.838 bits per heavy atom. The topological polar surface area (TPSA) is 55.8 Å². The molecule has 0 atom stereocenters.